The number of benzene rings is 1. The lowest BCUT2D eigenvalue weighted by Gasteiger charge is -2.03. The van der Waals surface area contributed by atoms with Gasteiger partial charge in [0.1, 0.15) is 5.82 Å². The van der Waals surface area contributed by atoms with Crippen molar-refractivity contribution in [3.63, 3.8) is 0 Å². The van der Waals surface area contributed by atoms with E-state index in [4.69, 9.17) is 17.5 Å². The Morgan fingerprint density at radius 1 is 1.58 bits per heavy atom. The van der Waals surface area contributed by atoms with Gasteiger partial charge < -0.3 is 0 Å². The lowest BCUT2D eigenvalue weighted by Crippen LogP contribution is -1.99. The molecule has 0 fully saturated rings. The van der Waals surface area contributed by atoms with Crippen molar-refractivity contribution in [3.8, 4) is 0 Å². The summed E-state index contributed by atoms with van der Waals surface area (Å²) >= 11 is 8.70. The summed E-state index contributed by atoms with van der Waals surface area (Å²) in [6.07, 6.45) is 0. The fourth-order valence-corrected chi connectivity index (χ4v) is 1.36. The average Bonchev–Trinajstić information content (AvgIpc) is 2.01. The van der Waals surface area contributed by atoms with E-state index in [-0.39, 0.29) is 6.61 Å². The maximum Gasteiger partial charge on any atom is 0.138 e. The first-order chi connectivity index (χ1) is 5.65. The molecule has 66 valence electrons. The third-order valence-corrected chi connectivity index (χ3v) is 2.29. The van der Waals surface area contributed by atoms with E-state index in [1.54, 1.807) is 0 Å². The number of halogens is 3. The van der Waals surface area contributed by atoms with Crippen LogP contribution in [0.15, 0.2) is 16.6 Å². The molecule has 0 saturated carbocycles. The van der Waals surface area contributed by atoms with E-state index in [2.05, 4.69) is 20.8 Å². The van der Waals surface area contributed by atoms with Crippen LogP contribution in [0.4, 0.5) is 4.39 Å². The highest BCUT2D eigenvalue weighted by atomic mass is 79.9. The van der Waals surface area contributed by atoms with Crippen LogP contribution in [0.1, 0.15) is 5.56 Å². The molecule has 0 unspecified atom stereocenters. The molecule has 0 amide bonds. The van der Waals surface area contributed by atoms with Crippen molar-refractivity contribution in [2.45, 2.75) is 6.61 Å². The van der Waals surface area contributed by atoms with E-state index in [1.165, 1.54) is 12.1 Å². The standard InChI is InChI=1S/C7H6BrClFNO/c8-5-1-4(3-12-11)6(9)2-7(5)10/h1-2H,3,11H2. The Morgan fingerprint density at radius 3 is 2.83 bits per heavy atom. The van der Waals surface area contributed by atoms with Crippen LogP contribution in [0.2, 0.25) is 5.02 Å². The van der Waals surface area contributed by atoms with Gasteiger partial charge in [-0.05, 0) is 33.6 Å². The SMILES string of the molecule is NOCc1cc(Br)c(F)cc1Cl. The molecule has 5 heteroatoms. The van der Waals surface area contributed by atoms with Gasteiger partial charge in [-0.3, -0.25) is 4.84 Å². The normalized spacial score (nSPS) is 10.3. The molecule has 0 heterocycles. The van der Waals surface area contributed by atoms with Gasteiger partial charge in [0.25, 0.3) is 0 Å². The number of hydrogen-bond acceptors (Lipinski definition) is 2. The zero-order valence-electron chi connectivity index (χ0n) is 5.98. The maximum absolute atomic E-state index is 12.8. The summed E-state index contributed by atoms with van der Waals surface area (Å²) in [5.41, 5.74) is 0.646. The summed E-state index contributed by atoms with van der Waals surface area (Å²) in [6, 6.07) is 2.74. The molecule has 0 aliphatic rings. The zero-order valence-corrected chi connectivity index (χ0v) is 8.32. The van der Waals surface area contributed by atoms with E-state index < -0.39 is 5.82 Å². The smallest absolute Gasteiger partial charge is 0.138 e. The van der Waals surface area contributed by atoms with Crippen molar-refractivity contribution in [1.29, 1.82) is 0 Å². The molecular formula is C7H6BrClFNO. The van der Waals surface area contributed by atoms with Crippen molar-refractivity contribution >= 4 is 27.5 Å². The predicted molar refractivity (Wildman–Crippen MR) is 48.1 cm³/mol. The fourth-order valence-electron chi connectivity index (χ4n) is 0.764. The highest BCUT2D eigenvalue weighted by molar-refractivity contribution is 9.10. The van der Waals surface area contributed by atoms with E-state index >= 15 is 0 Å². The van der Waals surface area contributed by atoms with Crippen molar-refractivity contribution in [2.75, 3.05) is 0 Å². The Morgan fingerprint density at radius 2 is 2.25 bits per heavy atom. The van der Waals surface area contributed by atoms with E-state index in [1.807, 2.05) is 0 Å². The van der Waals surface area contributed by atoms with Gasteiger partial charge in [-0.25, -0.2) is 10.3 Å². The molecule has 0 aliphatic heterocycles. The molecule has 12 heavy (non-hydrogen) atoms. The molecule has 1 rings (SSSR count). The van der Waals surface area contributed by atoms with Crippen molar-refractivity contribution < 1.29 is 9.23 Å². The Bertz CT molecular complexity index is 295. The van der Waals surface area contributed by atoms with Gasteiger partial charge in [0, 0.05) is 5.02 Å². The second kappa shape index (κ2) is 4.18. The molecule has 0 aromatic heterocycles. The lowest BCUT2D eigenvalue weighted by molar-refractivity contribution is 0.124. The Kier molecular flexibility index (Phi) is 3.46. The van der Waals surface area contributed by atoms with Crippen molar-refractivity contribution in [3.05, 3.63) is 33.0 Å². The summed E-state index contributed by atoms with van der Waals surface area (Å²) in [5.74, 6) is 4.45. The fraction of sp³-hybridized carbons (Fsp3) is 0.143. The van der Waals surface area contributed by atoms with E-state index in [0.29, 0.717) is 15.1 Å². The molecule has 0 radical (unpaired) electrons. The van der Waals surface area contributed by atoms with Gasteiger partial charge in [-0.2, -0.15) is 0 Å². The van der Waals surface area contributed by atoms with Gasteiger partial charge in [0.05, 0.1) is 11.1 Å². The minimum absolute atomic E-state index is 0.164. The van der Waals surface area contributed by atoms with Gasteiger partial charge in [0.15, 0.2) is 0 Å². The van der Waals surface area contributed by atoms with Crippen LogP contribution < -0.4 is 5.90 Å². The van der Waals surface area contributed by atoms with Crippen LogP contribution in [-0.2, 0) is 11.4 Å². The molecule has 0 spiro atoms. The molecule has 2 N–H and O–H groups in total. The first kappa shape index (κ1) is 9.92. The summed E-state index contributed by atoms with van der Waals surface area (Å²) in [4.78, 5) is 4.38. The number of nitrogens with two attached hydrogens (primary N) is 1. The topological polar surface area (TPSA) is 35.2 Å². The summed E-state index contributed by atoms with van der Waals surface area (Å²) in [6.45, 7) is 0.164. The van der Waals surface area contributed by atoms with E-state index in [0.717, 1.165) is 0 Å². The monoisotopic (exact) mass is 253 g/mol. The average molecular weight is 254 g/mol. The molecule has 2 nitrogen and oxygen atoms in total. The minimum atomic E-state index is -0.402. The lowest BCUT2D eigenvalue weighted by atomic mass is 10.2. The van der Waals surface area contributed by atoms with Crippen LogP contribution in [0.5, 0.6) is 0 Å². The van der Waals surface area contributed by atoms with E-state index in [9.17, 15) is 4.39 Å². The minimum Gasteiger partial charge on any atom is -0.300 e. The largest absolute Gasteiger partial charge is 0.300 e. The van der Waals surface area contributed by atoms with Crippen LogP contribution in [0.25, 0.3) is 0 Å². The predicted octanol–water partition coefficient (Wildman–Crippen LogP) is 2.63. The second-order valence-corrected chi connectivity index (χ2v) is 3.43. The third-order valence-electron chi connectivity index (χ3n) is 1.33. The van der Waals surface area contributed by atoms with Gasteiger partial charge in [-0.15, -0.1) is 0 Å². The Balaban J connectivity index is 3.05. The molecule has 1 aromatic carbocycles. The molecular weight excluding hydrogens is 248 g/mol. The van der Waals surface area contributed by atoms with Crippen molar-refractivity contribution in [2.24, 2.45) is 5.90 Å². The number of hydrogen-bond donors (Lipinski definition) is 1. The van der Waals surface area contributed by atoms with Crippen molar-refractivity contribution in [1.82, 2.24) is 0 Å². The summed E-state index contributed by atoms with van der Waals surface area (Å²) in [5, 5.41) is 0.307. The molecule has 1 aromatic rings. The maximum atomic E-state index is 12.8. The molecule has 0 saturated heterocycles. The molecule has 0 atom stereocenters. The highest BCUT2D eigenvalue weighted by Crippen LogP contribution is 2.24. The van der Waals surface area contributed by atoms with Gasteiger partial charge in [0.2, 0.25) is 0 Å². The first-order valence-electron chi connectivity index (χ1n) is 3.10. The number of rotatable bonds is 2. The summed E-state index contributed by atoms with van der Waals surface area (Å²) < 4.78 is 13.1. The van der Waals surface area contributed by atoms with Crippen LogP contribution in [0, 0.1) is 5.82 Å². The second-order valence-electron chi connectivity index (χ2n) is 2.17. The van der Waals surface area contributed by atoms with Gasteiger partial charge >= 0.3 is 0 Å². The Labute approximate surface area is 82.5 Å². The Hall–Kier alpha value is -0.160. The van der Waals surface area contributed by atoms with Crippen LogP contribution in [0.3, 0.4) is 0 Å². The molecule has 0 aliphatic carbocycles. The first-order valence-corrected chi connectivity index (χ1v) is 4.27. The van der Waals surface area contributed by atoms with Gasteiger partial charge in [-0.1, -0.05) is 11.6 Å². The molecule has 0 bridgehead atoms. The third kappa shape index (κ3) is 2.17. The summed E-state index contributed by atoms with van der Waals surface area (Å²) in [7, 11) is 0. The quantitative estimate of drug-likeness (QED) is 0.650. The van der Waals surface area contributed by atoms with Crippen LogP contribution >= 0.6 is 27.5 Å². The van der Waals surface area contributed by atoms with Crippen LogP contribution in [-0.4, -0.2) is 0 Å². The highest BCUT2D eigenvalue weighted by Gasteiger charge is 2.05. The zero-order chi connectivity index (χ0) is 9.14.